The van der Waals surface area contributed by atoms with E-state index in [1.807, 2.05) is 72.5 Å². The predicted molar refractivity (Wildman–Crippen MR) is 134 cm³/mol. The number of rotatable bonds is 8. The second kappa shape index (κ2) is 10.5. The van der Waals surface area contributed by atoms with E-state index in [0.29, 0.717) is 17.3 Å². The van der Waals surface area contributed by atoms with Crippen LogP contribution in [0.4, 0.5) is 5.69 Å². The molecule has 0 aliphatic rings. The number of benzene rings is 2. The molecule has 2 amide bonds. The van der Waals surface area contributed by atoms with Crippen LogP contribution in [0.2, 0.25) is 0 Å². The van der Waals surface area contributed by atoms with E-state index in [1.165, 1.54) is 11.8 Å². The highest BCUT2D eigenvalue weighted by molar-refractivity contribution is 7.99. The molecule has 8 heteroatoms. The third-order valence-corrected chi connectivity index (χ3v) is 6.94. The van der Waals surface area contributed by atoms with E-state index in [2.05, 4.69) is 15.6 Å². The van der Waals surface area contributed by atoms with Crippen LogP contribution in [0.5, 0.6) is 0 Å². The Bertz CT molecular complexity index is 1230. The van der Waals surface area contributed by atoms with Crippen molar-refractivity contribution in [3.63, 3.8) is 0 Å². The lowest BCUT2D eigenvalue weighted by molar-refractivity contribution is -0.113. The van der Waals surface area contributed by atoms with Crippen LogP contribution in [0.15, 0.2) is 77.5 Å². The van der Waals surface area contributed by atoms with Gasteiger partial charge in [0.2, 0.25) is 5.91 Å². The van der Waals surface area contributed by atoms with Crippen molar-refractivity contribution in [2.75, 3.05) is 11.1 Å². The number of thioether (sulfide) groups is 1. The molecule has 0 unspecified atom stereocenters. The van der Waals surface area contributed by atoms with Crippen molar-refractivity contribution in [2.24, 2.45) is 0 Å². The number of nitrogens with one attached hydrogen (secondary N) is 2. The summed E-state index contributed by atoms with van der Waals surface area (Å²) in [7, 11) is 0. The molecule has 0 bridgehead atoms. The van der Waals surface area contributed by atoms with E-state index >= 15 is 0 Å². The van der Waals surface area contributed by atoms with Gasteiger partial charge in [-0.2, -0.15) is 0 Å². The van der Waals surface area contributed by atoms with E-state index in [0.717, 1.165) is 27.4 Å². The molecule has 2 N–H and O–H groups in total. The van der Waals surface area contributed by atoms with Crippen molar-refractivity contribution in [1.29, 1.82) is 0 Å². The minimum atomic E-state index is -0.113. The molecule has 2 aromatic carbocycles. The van der Waals surface area contributed by atoms with Gasteiger partial charge >= 0.3 is 0 Å². The highest BCUT2D eigenvalue weighted by atomic mass is 32.2. The maximum Gasteiger partial charge on any atom is 0.251 e. The highest BCUT2D eigenvalue weighted by Gasteiger charge is 2.12. The van der Waals surface area contributed by atoms with Gasteiger partial charge in [-0.25, -0.2) is 4.98 Å². The third-order valence-electron chi connectivity index (χ3n) is 5.10. The number of carbonyl (C=O) groups excluding carboxylic acids is 2. The average Bonchev–Trinajstić information content (AvgIpc) is 3.51. The van der Waals surface area contributed by atoms with Gasteiger partial charge in [-0.1, -0.05) is 36.0 Å². The Labute approximate surface area is 201 Å². The molecule has 2 aromatic heterocycles. The van der Waals surface area contributed by atoms with Crippen molar-refractivity contribution in [3.8, 4) is 5.69 Å². The number of nitrogens with zero attached hydrogens (tertiary/aromatic N) is 2. The normalized spacial score (nSPS) is 10.7. The number of aromatic nitrogens is 2. The number of thiophene rings is 1. The zero-order valence-electron chi connectivity index (χ0n) is 18.4. The van der Waals surface area contributed by atoms with Crippen molar-refractivity contribution in [2.45, 2.75) is 25.5 Å². The van der Waals surface area contributed by atoms with Crippen LogP contribution in [0.3, 0.4) is 0 Å². The summed E-state index contributed by atoms with van der Waals surface area (Å²) in [6.45, 7) is 4.48. The van der Waals surface area contributed by atoms with E-state index in [4.69, 9.17) is 0 Å². The fourth-order valence-electron chi connectivity index (χ4n) is 3.37. The minimum Gasteiger partial charge on any atom is -0.347 e. The molecule has 0 spiro atoms. The number of carbonyl (C=O) groups is 2. The molecule has 168 valence electrons. The zero-order chi connectivity index (χ0) is 23.2. The van der Waals surface area contributed by atoms with Crippen LogP contribution < -0.4 is 10.6 Å². The fraction of sp³-hybridized carbons (Fsp3) is 0.160. The standard InChI is InChI=1S/C25H24N4O2S2/c1-17-5-3-6-18(2)23(17)28-22(30)16-33-25-26-12-13-29(25)20-10-8-19(9-11-20)24(31)27-15-21-7-4-14-32-21/h3-14H,15-16H2,1-2H3,(H,27,31)(H,28,30). The predicted octanol–water partition coefficient (Wildman–Crippen LogP) is 5.21. The van der Waals surface area contributed by atoms with Gasteiger partial charge in [-0.3, -0.25) is 14.2 Å². The molecule has 6 nitrogen and oxygen atoms in total. The van der Waals surface area contributed by atoms with E-state index in [1.54, 1.807) is 29.7 Å². The lowest BCUT2D eigenvalue weighted by Crippen LogP contribution is -2.22. The fourth-order valence-corrected chi connectivity index (χ4v) is 4.78. The number of para-hydroxylation sites is 1. The second-order valence-electron chi connectivity index (χ2n) is 7.49. The maximum absolute atomic E-state index is 12.5. The number of amides is 2. The van der Waals surface area contributed by atoms with Crippen molar-refractivity contribution >= 4 is 40.6 Å². The van der Waals surface area contributed by atoms with Crippen LogP contribution in [0, 0.1) is 13.8 Å². The first-order chi connectivity index (χ1) is 16.0. The molecule has 4 rings (SSSR count). The van der Waals surface area contributed by atoms with Crippen LogP contribution in [0.25, 0.3) is 5.69 Å². The summed E-state index contributed by atoms with van der Waals surface area (Å²) in [5, 5.41) is 8.63. The van der Waals surface area contributed by atoms with E-state index in [9.17, 15) is 9.59 Å². The van der Waals surface area contributed by atoms with Gasteiger partial charge in [-0.15, -0.1) is 11.3 Å². The summed E-state index contributed by atoms with van der Waals surface area (Å²) in [5.41, 5.74) is 4.40. The highest BCUT2D eigenvalue weighted by Crippen LogP contribution is 2.23. The molecule has 2 heterocycles. The molecule has 0 saturated heterocycles. The number of aryl methyl sites for hydroxylation is 2. The molecule has 0 fully saturated rings. The quantitative estimate of drug-likeness (QED) is 0.342. The number of hydrogen-bond acceptors (Lipinski definition) is 5. The Morgan fingerprint density at radius 1 is 1.03 bits per heavy atom. The topological polar surface area (TPSA) is 76.0 Å². The summed E-state index contributed by atoms with van der Waals surface area (Å²) in [6, 6.07) is 17.2. The van der Waals surface area contributed by atoms with Crippen LogP contribution in [-0.2, 0) is 11.3 Å². The van der Waals surface area contributed by atoms with Gasteiger partial charge in [0.05, 0.1) is 12.3 Å². The average molecular weight is 477 g/mol. The smallest absolute Gasteiger partial charge is 0.251 e. The van der Waals surface area contributed by atoms with Gasteiger partial charge < -0.3 is 10.6 Å². The molecule has 4 aromatic rings. The lowest BCUT2D eigenvalue weighted by atomic mass is 10.1. The molecule has 0 aliphatic heterocycles. The van der Waals surface area contributed by atoms with Gasteiger partial charge in [0, 0.05) is 34.2 Å². The Morgan fingerprint density at radius 2 is 1.79 bits per heavy atom. The van der Waals surface area contributed by atoms with Crippen molar-refractivity contribution in [1.82, 2.24) is 14.9 Å². The SMILES string of the molecule is Cc1cccc(C)c1NC(=O)CSc1nccn1-c1ccc(C(=O)NCc2cccs2)cc1. The maximum atomic E-state index is 12.5. The van der Waals surface area contributed by atoms with Crippen LogP contribution >= 0.6 is 23.1 Å². The second-order valence-corrected chi connectivity index (χ2v) is 9.47. The molecule has 0 atom stereocenters. The first-order valence-electron chi connectivity index (χ1n) is 10.4. The van der Waals surface area contributed by atoms with Crippen LogP contribution in [-0.4, -0.2) is 27.1 Å². The van der Waals surface area contributed by atoms with Crippen molar-refractivity contribution < 1.29 is 9.59 Å². The summed E-state index contributed by atoms with van der Waals surface area (Å²) in [5.74, 6) is 0.0524. The van der Waals surface area contributed by atoms with E-state index < -0.39 is 0 Å². The first kappa shape index (κ1) is 22.8. The Kier molecular flexibility index (Phi) is 7.26. The van der Waals surface area contributed by atoms with E-state index in [-0.39, 0.29) is 17.6 Å². The molecule has 0 radical (unpaired) electrons. The minimum absolute atomic E-state index is 0.0790. The Balaban J connectivity index is 1.36. The largest absolute Gasteiger partial charge is 0.347 e. The molecular formula is C25H24N4O2S2. The Morgan fingerprint density at radius 3 is 2.48 bits per heavy atom. The monoisotopic (exact) mass is 476 g/mol. The third kappa shape index (κ3) is 5.71. The number of anilines is 1. The lowest BCUT2D eigenvalue weighted by Gasteiger charge is -2.12. The molecule has 0 aliphatic carbocycles. The molecular weight excluding hydrogens is 452 g/mol. The molecule has 33 heavy (non-hydrogen) atoms. The Hall–Kier alpha value is -3.36. The van der Waals surface area contributed by atoms with Gasteiger partial charge in [-0.05, 0) is 60.7 Å². The summed E-state index contributed by atoms with van der Waals surface area (Å²) < 4.78 is 1.91. The van der Waals surface area contributed by atoms with Gasteiger partial charge in [0.25, 0.3) is 5.91 Å². The summed E-state index contributed by atoms with van der Waals surface area (Å²) >= 11 is 2.98. The summed E-state index contributed by atoms with van der Waals surface area (Å²) in [4.78, 5) is 30.4. The zero-order valence-corrected chi connectivity index (χ0v) is 20.0. The first-order valence-corrected chi connectivity index (χ1v) is 12.3. The van der Waals surface area contributed by atoms with Crippen LogP contribution in [0.1, 0.15) is 26.4 Å². The summed E-state index contributed by atoms with van der Waals surface area (Å²) in [6.07, 6.45) is 3.55. The van der Waals surface area contributed by atoms with Gasteiger partial charge in [0.15, 0.2) is 5.16 Å². The number of hydrogen-bond donors (Lipinski definition) is 2. The molecule has 0 saturated carbocycles. The number of imidazole rings is 1. The van der Waals surface area contributed by atoms with Gasteiger partial charge in [0.1, 0.15) is 0 Å². The van der Waals surface area contributed by atoms with Crippen molar-refractivity contribution in [3.05, 3.63) is 93.9 Å².